The number of hydrogen-bond acceptors (Lipinski definition) is 8. The van der Waals surface area contributed by atoms with Gasteiger partial charge in [0.25, 0.3) is 11.8 Å². The van der Waals surface area contributed by atoms with Crippen molar-refractivity contribution in [3.63, 3.8) is 0 Å². The van der Waals surface area contributed by atoms with E-state index >= 15 is 0 Å². The number of hydrogen-bond donors (Lipinski definition) is 2. The Balaban J connectivity index is 0.844. The van der Waals surface area contributed by atoms with Gasteiger partial charge in [-0.1, -0.05) is 32.9 Å². The van der Waals surface area contributed by atoms with Crippen LogP contribution in [-0.4, -0.2) is 71.8 Å². The number of methoxy groups -OCH3 is 1. The predicted octanol–water partition coefficient (Wildman–Crippen LogP) is 8.03. The van der Waals surface area contributed by atoms with E-state index in [1.54, 1.807) is 14.0 Å². The fourth-order valence-corrected chi connectivity index (χ4v) is 9.09. The van der Waals surface area contributed by atoms with E-state index in [1.165, 1.54) is 18.4 Å². The number of nitrogens with two attached hydrogens (primary N) is 1. The van der Waals surface area contributed by atoms with E-state index in [0.29, 0.717) is 53.9 Å². The molecular weight excluding hydrogens is 757 g/mol. The second kappa shape index (κ2) is 17.3. The van der Waals surface area contributed by atoms with Crippen LogP contribution in [0.25, 0.3) is 5.57 Å². The number of amides is 3. The van der Waals surface area contributed by atoms with Crippen LogP contribution in [0, 0.1) is 24.7 Å². The summed E-state index contributed by atoms with van der Waals surface area (Å²) in [6, 6.07) is 15.2. The lowest BCUT2D eigenvalue weighted by molar-refractivity contribution is -0.127. The van der Waals surface area contributed by atoms with Crippen molar-refractivity contribution < 1.29 is 33.4 Å². The Morgan fingerprint density at radius 3 is 2.07 bits per heavy atom. The van der Waals surface area contributed by atoms with Gasteiger partial charge in [-0.3, -0.25) is 19.2 Å². The van der Waals surface area contributed by atoms with Gasteiger partial charge in [-0.2, -0.15) is 0 Å². The SMILES string of the molecule is COc1cc2c(cc1OCCCOc1cc3c(cc1C)C(=O)N1C=C(c4ccc(NC(=O)[C@H](C)CC(=O)[C@@H](N)C(C)C)cc4)C[C@H]1CC3)CC[C@@H]1CC(C3CC3)=CN1C2=O. The number of ketones is 1. The van der Waals surface area contributed by atoms with Crippen LogP contribution in [-0.2, 0) is 22.4 Å². The molecule has 0 unspecified atom stereocenters. The van der Waals surface area contributed by atoms with E-state index in [0.717, 1.165) is 72.1 Å². The van der Waals surface area contributed by atoms with Crippen molar-refractivity contribution in [1.29, 1.82) is 0 Å². The number of ether oxygens (including phenoxy) is 3. The van der Waals surface area contributed by atoms with Crippen LogP contribution in [0.5, 0.6) is 17.2 Å². The molecule has 316 valence electrons. The Labute approximate surface area is 353 Å². The Hall–Kier alpha value is -5.42. The molecule has 0 aromatic heterocycles. The molecule has 4 aliphatic heterocycles. The van der Waals surface area contributed by atoms with Crippen LogP contribution >= 0.6 is 0 Å². The average Bonchev–Trinajstić information content (AvgIpc) is 3.92. The summed E-state index contributed by atoms with van der Waals surface area (Å²) in [4.78, 5) is 56.7. The number of nitrogens with zero attached hydrogens (tertiary/aromatic N) is 2. The number of aryl methyl sites for hydroxylation is 3. The summed E-state index contributed by atoms with van der Waals surface area (Å²) in [7, 11) is 1.61. The molecule has 60 heavy (non-hydrogen) atoms. The van der Waals surface area contributed by atoms with E-state index < -0.39 is 12.0 Å². The van der Waals surface area contributed by atoms with E-state index in [2.05, 4.69) is 11.5 Å². The van der Waals surface area contributed by atoms with Gasteiger partial charge in [0.15, 0.2) is 17.3 Å². The Kier molecular flexibility index (Phi) is 11.9. The first-order chi connectivity index (χ1) is 28.9. The van der Waals surface area contributed by atoms with Crippen molar-refractivity contribution in [2.45, 2.75) is 110 Å². The zero-order valence-electron chi connectivity index (χ0n) is 35.6. The topological polar surface area (TPSA) is 140 Å². The predicted molar refractivity (Wildman–Crippen MR) is 231 cm³/mol. The highest BCUT2D eigenvalue weighted by molar-refractivity contribution is 6.00. The van der Waals surface area contributed by atoms with Crippen LogP contribution in [0.2, 0.25) is 0 Å². The van der Waals surface area contributed by atoms with E-state index in [1.807, 2.05) is 85.3 Å². The molecule has 8 rings (SSSR count). The monoisotopic (exact) mass is 814 g/mol. The highest BCUT2D eigenvalue weighted by Gasteiger charge is 2.39. The third-order valence-corrected chi connectivity index (χ3v) is 13.0. The molecule has 5 aliphatic rings. The molecule has 3 aromatic carbocycles. The fourth-order valence-electron chi connectivity index (χ4n) is 9.09. The van der Waals surface area contributed by atoms with Crippen LogP contribution in [0.15, 0.2) is 66.5 Å². The van der Waals surface area contributed by atoms with Gasteiger partial charge in [-0.25, -0.2) is 0 Å². The van der Waals surface area contributed by atoms with Gasteiger partial charge in [0.2, 0.25) is 5.91 Å². The molecule has 1 fully saturated rings. The number of nitrogens with one attached hydrogen (secondary N) is 1. The largest absolute Gasteiger partial charge is 0.493 e. The number of anilines is 1. The zero-order valence-corrected chi connectivity index (χ0v) is 35.6. The first-order valence-corrected chi connectivity index (χ1v) is 21.7. The summed E-state index contributed by atoms with van der Waals surface area (Å²) in [6.07, 6.45) is 12.4. The summed E-state index contributed by atoms with van der Waals surface area (Å²) in [5.74, 6) is 1.89. The second-order valence-electron chi connectivity index (χ2n) is 17.7. The summed E-state index contributed by atoms with van der Waals surface area (Å²) < 4.78 is 18.2. The van der Waals surface area contributed by atoms with Crippen LogP contribution in [0.4, 0.5) is 5.69 Å². The normalized spacial score (nSPS) is 20.5. The summed E-state index contributed by atoms with van der Waals surface area (Å²) in [6.45, 7) is 8.38. The third kappa shape index (κ3) is 8.59. The molecule has 11 heteroatoms. The van der Waals surface area contributed by atoms with E-state index in [4.69, 9.17) is 19.9 Å². The van der Waals surface area contributed by atoms with E-state index in [-0.39, 0.29) is 47.9 Å². The minimum atomic E-state index is -0.573. The number of carbonyl (C=O) groups is 4. The lowest BCUT2D eigenvalue weighted by atomic mass is 9.93. The molecule has 0 saturated heterocycles. The second-order valence-corrected chi connectivity index (χ2v) is 17.7. The minimum Gasteiger partial charge on any atom is -0.493 e. The summed E-state index contributed by atoms with van der Waals surface area (Å²) in [5, 5.41) is 2.92. The maximum atomic E-state index is 14.0. The van der Waals surface area contributed by atoms with Crippen molar-refractivity contribution in [1.82, 2.24) is 9.80 Å². The lowest BCUT2D eigenvalue weighted by Gasteiger charge is -2.21. The Bertz CT molecular complexity index is 2240. The number of fused-ring (bicyclic) bond motifs is 4. The molecule has 4 atom stereocenters. The number of benzene rings is 3. The molecule has 11 nitrogen and oxygen atoms in total. The lowest BCUT2D eigenvalue weighted by Crippen LogP contribution is -2.37. The van der Waals surface area contributed by atoms with Crippen molar-refractivity contribution in [3.05, 3.63) is 99.9 Å². The fraction of sp³-hybridized carbons (Fsp3) is 0.469. The highest BCUT2D eigenvalue weighted by Crippen LogP contribution is 2.45. The Morgan fingerprint density at radius 2 is 1.42 bits per heavy atom. The van der Waals surface area contributed by atoms with Crippen LogP contribution in [0.3, 0.4) is 0 Å². The van der Waals surface area contributed by atoms with Crippen molar-refractivity contribution in [2.24, 2.45) is 23.5 Å². The third-order valence-electron chi connectivity index (χ3n) is 13.0. The standard InChI is InChI=1S/C49H58N4O7/c1-28(2)46(50)42(54)20-30(4)47(55)51-37-13-9-32(10-14-37)36-22-38-15-11-33-23-43(29(3)19-40(33)48(56)52(38)27-36)59-17-6-18-60-45-24-34-12-16-39-21-35(31-7-8-31)26-53(39)49(57)41(34)25-44(45)58-5/h9-10,13-14,19,23-28,30-31,38-39,46H,6-8,11-12,15-18,20-22,50H2,1-5H3,(H,51,55)/t30-,38-,39-,46+/m1/s1. The maximum Gasteiger partial charge on any atom is 0.258 e. The van der Waals surface area contributed by atoms with E-state index in [9.17, 15) is 19.2 Å². The molecule has 0 spiro atoms. The molecule has 4 heterocycles. The first-order valence-electron chi connectivity index (χ1n) is 21.7. The van der Waals surface area contributed by atoms with Crippen LogP contribution in [0.1, 0.15) is 115 Å². The van der Waals surface area contributed by atoms with Crippen molar-refractivity contribution >= 4 is 34.8 Å². The zero-order chi connectivity index (χ0) is 42.2. The quantitative estimate of drug-likeness (QED) is 0.147. The molecule has 3 aromatic rings. The number of carbonyl (C=O) groups excluding carboxylic acids is 4. The van der Waals surface area contributed by atoms with Crippen molar-refractivity contribution in [2.75, 3.05) is 25.6 Å². The van der Waals surface area contributed by atoms with Gasteiger partial charge >= 0.3 is 0 Å². The van der Waals surface area contributed by atoms with Gasteiger partial charge in [-0.15, -0.1) is 0 Å². The van der Waals surface area contributed by atoms with Gasteiger partial charge in [0.05, 0.1) is 26.4 Å². The number of rotatable bonds is 15. The summed E-state index contributed by atoms with van der Waals surface area (Å²) in [5.41, 5.74) is 14.5. The number of Topliss-reactive ketones (excluding diaryl/α,β-unsaturated/α-hetero) is 1. The molecular formula is C49H58N4O7. The molecule has 1 saturated carbocycles. The summed E-state index contributed by atoms with van der Waals surface area (Å²) >= 11 is 0. The van der Waals surface area contributed by atoms with Gasteiger partial charge in [0.1, 0.15) is 5.75 Å². The van der Waals surface area contributed by atoms with Gasteiger partial charge in [-0.05, 0) is 140 Å². The highest BCUT2D eigenvalue weighted by atomic mass is 16.5. The minimum absolute atomic E-state index is 0.00794. The average molecular weight is 815 g/mol. The molecule has 0 bridgehead atoms. The smallest absolute Gasteiger partial charge is 0.258 e. The van der Waals surface area contributed by atoms with Gasteiger partial charge in [0, 0.05) is 60.1 Å². The molecule has 0 radical (unpaired) electrons. The van der Waals surface area contributed by atoms with Crippen LogP contribution < -0.4 is 25.3 Å². The maximum absolute atomic E-state index is 14.0. The van der Waals surface area contributed by atoms with Crippen molar-refractivity contribution in [3.8, 4) is 17.2 Å². The van der Waals surface area contributed by atoms with Gasteiger partial charge < -0.3 is 35.1 Å². The Morgan fingerprint density at radius 1 is 0.800 bits per heavy atom. The molecule has 1 aliphatic carbocycles. The first kappa shape index (κ1) is 41.3. The molecule has 3 amide bonds. The molecule has 3 N–H and O–H groups in total.